The van der Waals surface area contributed by atoms with Crippen molar-refractivity contribution >= 4 is 0 Å². The lowest BCUT2D eigenvalue weighted by atomic mass is 10.1. The van der Waals surface area contributed by atoms with Gasteiger partial charge in [0.2, 0.25) is 0 Å². The van der Waals surface area contributed by atoms with E-state index in [1.54, 1.807) is 0 Å². The van der Waals surface area contributed by atoms with Gasteiger partial charge >= 0.3 is 0 Å². The summed E-state index contributed by atoms with van der Waals surface area (Å²) < 4.78 is 5.54. The predicted octanol–water partition coefficient (Wildman–Crippen LogP) is 2.83. The van der Waals surface area contributed by atoms with Crippen LogP contribution in [0.4, 0.5) is 0 Å². The molecular weight excluding hydrogens is 174 g/mol. The van der Waals surface area contributed by atoms with E-state index in [9.17, 15) is 0 Å². The smallest absolute Gasteiger partial charge is 0.0488 e. The third-order valence-electron chi connectivity index (χ3n) is 2.28. The third-order valence-corrected chi connectivity index (χ3v) is 2.28. The molecule has 86 valence electrons. The Labute approximate surface area is 89.4 Å². The third kappa shape index (κ3) is 8.52. The minimum Gasteiger partial charge on any atom is -0.381 e. The van der Waals surface area contributed by atoms with Crippen LogP contribution in [-0.2, 0) is 4.74 Å². The normalized spacial score (nSPS) is 13.5. The van der Waals surface area contributed by atoms with E-state index < -0.39 is 0 Å². The molecule has 0 aliphatic rings. The van der Waals surface area contributed by atoms with Crippen LogP contribution in [0.1, 0.15) is 47.0 Å². The van der Waals surface area contributed by atoms with Crippen LogP contribution in [-0.4, -0.2) is 25.8 Å². The maximum absolute atomic E-state index is 5.54. The Morgan fingerprint density at radius 2 is 1.93 bits per heavy atom. The van der Waals surface area contributed by atoms with Gasteiger partial charge in [-0.2, -0.15) is 0 Å². The van der Waals surface area contributed by atoms with Crippen LogP contribution in [0.3, 0.4) is 0 Å². The molecule has 0 aromatic carbocycles. The zero-order valence-corrected chi connectivity index (χ0v) is 10.3. The Bertz CT molecular complexity index is 115. The Hall–Kier alpha value is -0.0800. The van der Waals surface area contributed by atoms with E-state index in [0.717, 1.165) is 19.8 Å². The molecule has 0 aromatic rings. The quantitative estimate of drug-likeness (QED) is 0.579. The second-order valence-corrected chi connectivity index (χ2v) is 4.27. The Kier molecular flexibility index (Phi) is 9.42. The molecule has 0 aromatic heterocycles. The Morgan fingerprint density at radius 3 is 2.43 bits per heavy atom. The van der Waals surface area contributed by atoms with Crippen molar-refractivity contribution in [2.45, 2.75) is 53.0 Å². The molecule has 1 atom stereocenters. The van der Waals surface area contributed by atoms with Crippen LogP contribution in [0.5, 0.6) is 0 Å². The van der Waals surface area contributed by atoms with E-state index in [1.807, 2.05) is 0 Å². The SMILES string of the molecule is CCNC(CC)CCCOCC(C)C. The summed E-state index contributed by atoms with van der Waals surface area (Å²) in [5.41, 5.74) is 0. The first-order valence-corrected chi connectivity index (χ1v) is 6.01. The second kappa shape index (κ2) is 9.47. The molecule has 1 unspecified atom stereocenters. The lowest BCUT2D eigenvalue weighted by Crippen LogP contribution is -2.28. The van der Waals surface area contributed by atoms with Crippen LogP contribution < -0.4 is 5.32 Å². The molecule has 0 heterocycles. The van der Waals surface area contributed by atoms with Crippen molar-refractivity contribution in [3.05, 3.63) is 0 Å². The van der Waals surface area contributed by atoms with Crippen molar-refractivity contribution in [3.63, 3.8) is 0 Å². The second-order valence-electron chi connectivity index (χ2n) is 4.27. The molecular formula is C12H27NO. The van der Waals surface area contributed by atoms with Gasteiger partial charge in [0.15, 0.2) is 0 Å². The number of rotatable bonds is 9. The summed E-state index contributed by atoms with van der Waals surface area (Å²) >= 11 is 0. The Morgan fingerprint density at radius 1 is 1.21 bits per heavy atom. The van der Waals surface area contributed by atoms with Gasteiger partial charge in [-0.1, -0.05) is 27.7 Å². The highest BCUT2D eigenvalue weighted by Gasteiger charge is 2.03. The molecule has 2 nitrogen and oxygen atoms in total. The highest BCUT2D eigenvalue weighted by Crippen LogP contribution is 2.02. The summed E-state index contributed by atoms with van der Waals surface area (Å²) in [5.74, 6) is 0.658. The number of ether oxygens (including phenoxy) is 1. The number of hydrogen-bond acceptors (Lipinski definition) is 2. The molecule has 2 heteroatoms. The molecule has 1 N–H and O–H groups in total. The average molecular weight is 201 g/mol. The molecule has 0 radical (unpaired) electrons. The number of hydrogen-bond donors (Lipinski definition) is 1. The fourth-order valence-electron chi connectivity index (χ4n) is 1.49. The molecule has 0 amide bonds. The maximum Gasteiger partial charge on any atom is 0.0488 e. The van der Waals surface area contributed by atoms with Crippen LogP contribution in [0.2, 0.25) is 0 Å². The van der Waals surface area contributed by atoms with Gasteiger partial charge in [-0.05, 0) is 31.7 Å². The van der Waals surface area contributed by atoms with Crippen molar-refractivity contribution in [2.75, 3.05) is 19.8 Å². The summed E-state index contributed by atoms with van der Waals surface area (Å²) in [6.45, 7) is 11.7. The van der Waals surface area contributed by atoms with Crippen molar-refractivity contribution in [1.82, 2.24) is 5.32 Å². The van der Waals surface area contributed by atoms with Crippen LogP contribution in [0.25, 0.3) is 0 Å². The summed E-state index contributed by atoms with van der Waals surface area (Å²) in [4.78, 5) is 0. The standard InChI is InChI=1S/C12H27NO/c1-5-12(13-6-2)8-7-9-14-10-11(3)4/h11-13H,5-10H2,1-4H3. The molecule has 0 aliphatic heterocycles. The minimum absolute atomic E-state index is 0.658. The van der Waals surface area contributed by atoms with E-state index >= 15 is 0 Å². The molecule has 0 spiro atoms. The molecule has 14 heavy (non-hydrogen) atoms. The first-order chi connectivity index (χ1) is 6.70. The molecule has 0 aliphatic carbocycles. The topological polar surface area (TPSA) is 21.3 Å². The van der Waals surface area contributed by atoms with E-state index in [-0.39, 0.29) is 0 Å². The largest absolute Gasteiger partial charge is 0.381 e. The maximum atomic E-state index is 5.54. The van der Waals surface area contributed by atoms with Gasteiger partial charge in [0.05, 0.1) is 0 Å². The lowest BCUT2D eigenvalue weighted by molar-refractivity contribution is 0.105. The zero-order chi connectivity index (χ0) is 10.8. The molecule has 0 rings (SSSR count). The molecule has 0 saturated heterocycles. The molecule has 0 saturated carbocycles. The van der Waals surface area contributed by atoms with Crippen molar-refractivity contribution in [2.24, 2.45) is 5.92 Å². The number of nitrogens with one attached hydrogen (secondary N) is 1. The monoisotopic (exact) mass is 201 g/mol. The fraction of sp³-hybridized carbons (Fsp3) is 1.00. The predicted molar refractivity (Wildman–Crippen MR) is 62.6 cm³/mol. The van der Waals surface area contributed by atoms with E-state index in [2.05, 4.69) is 33.0 Å². The van der Waals surface area contributed by atoms with Gasteiger partial charge in [-0.15, -0.1) is 0 Å². The highest BCUT2D eigenvalue weighted by atomic mass is 16.5. The van der Waals surface area contributed by atoms with Gasteiger partial charge in [-0.25, -0.2) is 0 Å². The van der Waals surface area contributed by atoms with Gasteiger partial charge in [-0.3, -0.25) is 0 Å². The Balaban J connectivity index is 3.24. The van der Waals surface area contributed by atoms with Gasteiger partial charge in [0.1, 0.15) is 0 Å². The fourth-order valence-corrected chi connectivity index (χ4v) is 1.49. The minimum atomic E-state index is 0.658. The summed E-state index contributed by atoms with van der Waals surface area (Å²) in [6.07, 6.45) is 3.64. The van der Waals surface area contributed by atoms with Crippen LogP contribution in [0, 0.1) is 5.92 Å². The first kappa shape index (κ1) is 13.9. The average Bonchev–Trinajstić information content (AvgIpc) is 2.15. The van der Waals surface area contributed by atoms with E-state index in [0.29, 0.717) is 12.0 Å². The summed E-state index contributed by atoms with van der Waals surface area (Å²) in [6, 6.07) is 0.683. The van der Waals surface area contributed by atoms with Crippen molar-refractivity contribution in [3.8, 4) is 0 Å². The van der Waals surface area contributed by atoms with E-state index in [1.165, 1.54) is 19.3 Å². The van der Waals surface area contributed by atoms with Gasteiger partial charge in [0, 0.05) is 19.3 Å². The van der Waals surface area contributed by atoms with Gasteiger partial charge < -0.3 is 10.1 Å². The molecule has 0 bridgehead atoms. The summed E-state index contributed by atoms with van der Waals surface area (Å²) in [5, 5.41) is 3.48. The lowest BCUT2D eigenvalue weighted by Gasteiger charge is -2.15. The van der Waals surface area contributed by atoms with E-state index in [4.69, 9.17) is 4.74 Å². The summed E-state index contributed by atoms with van der Waals surface area (Å²) in [7, 11) is 0. The molecule has 0 fully saturated rings. The van der Waals surface area contributed by atoms with Crippen molar-refractivity contribution < 1.29 is 4.74 Å². The first-order valence-electron chi connectivity index (χ1n) is 6.01. The van der Waals surface area contributed by atoms with Crippen molar-refractivity contribution in [1.29, 1.82) is 0 Å². The zero-order valence-electron chi connectivity index (χ0n) is 10.3. The van der Waals surface area contributed by atoms with Crippen LogP contribution >= 0.6 is 0 Å². The highest BCUT2D eigenvalue weighted by molar-refractivity contribution is 4.63. The van der Waals surface area contributed by atoms with Crippen LogP contribution in [0.15, 0.2) is 0 Å². The van der Waals surface area contributed by atoms with Gasteiger partial charge in [0.25, 0.3) is 0 Å².